The molecule has 0 aliphatic heterocycles. The molecule has 0 aromatic rings. The second kappa shape index (κ2) is 12.5. The van der Waals surface area contributed by atoms with E-state index < -0.39 is 8.80 Å². The molecule has 0 spiro atoms. The van der Waals surface area contributed by atoms with Gasteiger partial charge in [0.2, 0.25) is 0 Å². The van der Waals surface area contributed by atoms with E-state index in [2.05, 4.69) is 6.58 Å². The van der Waals surface area contributed by atoms with Gasteiger partial charge in [-0.2, -0.15) is 0 Å². The maximum Gasteiger partial charge on any atom is 0.500 e. The fourth-order valence-electron chi connectivity index (χ4n) is 2.06. The molecule has 0 heterocycles. The van der Waals surface area contributed by atoms with Gasteiger partial charge in [-0.05, 0) is 19.8 Å². The second-order valence-electron chi connectivity index (χ2n) is 5.18. The molecular formula is C15H32O4Si. The van der Waals surface area contributed by atoms with E-state index in [-0.39, 0.29) is 0 Å². The molecule has 0 saturated carbocycles. The summed E-state index contributed by atoms with van der Waals surface area (Å²) >= 11 is 0. The molecular weight excluding hydrogens is 272 g/mol. The topological polar surface area (TPSA) is 36.9 Å². The van der Waals surface area contributed by atoms with Crippen LogP contribution in [0.4, 0.5) is 0 Å². The summed E-state index contributed by atoms with van der Waals surface area (Å²) in [6, 6.07) is 0.901. The monoisotopic (exact) mass is 304 g/mol. The molecule has 5 heteroatoms. The smallest absolute Gasteiger partial charge is 0.377 e. The first-order valence-corrected chi connectivity index (χ1v) is 9.41. The van der Waals surface area contributed by atoms with Crippen LogP contribution in [0.25, 0.3) is 0 Å². The van der Waals surface area contributed by atoms with Crippen molar-refractivity contribution in [1.82, 2.24) is 0 Å². The van der Waals surface area contributed by atoms with Crippen molar-refractivity contribution >= 4 is 8.80 Å². The van der Waals surface area contributed by atoms with Gasteiger partial charge in [-0.3, -0.25) is 0 Å². The van der Waals surface area contributed by atoms with E-state index in [1.807, 2.05) is 6.92 Å². The van der Waals surface area contributed by atoms with Crippen LogP contribution in [0.15, 0.2) is 12.2 Å². The largest absolute Gasteiger partial charge is 0.500 e. The molecule has 4 nitrogen and oxygen atoms in total. The van der Waals surface area contributed by atoms with Crippen LogP contribution in [0.2, 0.25) is 6.04 Å². The first kappa shape index (κ1) is 19.8. The van der Waals surface area contributed by atoms with E-state index >= 15 is 0 Å². The van der Waals surface area contributed by atoms with Gasteiger partial charge < -0.3 is 18.0 Å². The predicted molar refractivity (Wildman–Crippen MR) is 84.9 cm³/mol. The van der Waals surface area contributed by atoms with E-state index in [9.17, 15) is 0 Å². The van der Waals surface area contributed by atoms with Gasteiger partial charge in [-0.1, -0.05) is 37.8 Å². The van der Waals surface area contributed by atoms with Gasteiger partial charge in [-0.25, -0.2) is 0 Å². The molecule has 0 aromatic carbocycles. The number of unbranched alkanes of at least 4 members (excludes halogenated alkanes) is 5. The summed E-state index contributed by atoms with van der Waals surface area (Å²) in [5.74, 6) is 0. The van der Waals surface area contributed by atoms with Crippen LogP contribution >= 0.6 is 0 Å². The van der Waals surface area contributed by atoms with Gasteiger partial charge in [0.25, 0.3) is 0 Å². The lowest BCUT2D eigenvalue weighted by Gasteiger charge is -2.24. The molecule has 0 aliphatic rings. The number of hydrogen-bond acceptors (Lipinski definition) is 4. The normalized spacial score (nSPS) is 11.8. The highest BCUT2D eigenvalue weighted by molar-refractivity contribution is 6.60. The average molecular weight is 305 g/mol. The highest BCUT2D eigenvalue weighted by Gasteiger charge is 2.36. The molecule has 20 heavy (non-hydrogen) atoms. The molecule has 0 fully saturated rings. The minimum absolute atomic E-state index is 0.692. The molecule has 120 valence electrons. The molecule has 0 aromatic heterocycles. The molecule has 0 amide bonds. The van der Waals surface area contributed by atoms with Crippen LogP contribution in [0.1, 0.15) is 45.4 Å². The van der Waals surface area contributed by atoms with Gasteiger partial charge in [-0.15, -0.1) is 0 Å². The molecule has 0 aliphatic carbocycles. The number of rotatable bonds is 14. The van der Waals surface area contributed by atoms with Crippen LogP contribution in [0.5, 0.6) is 0 Å². The minimum Gasteiger partial charge on any atom is -0.377 e. The fraction of sp³-hybridized carbons (Fsp3) is 0.867. The molecule has 0 unspecified atom stereocenters. The maximum absolute atomic E-state index is 5.47. The summed E-state index contributed by atoms with van der Waals surface area (Å²) in [6.07, 6.45) is 7.20. The standard InChI is InChI=1S/C15H32O4Si/c1-15(2)14-19-12-10-8-6-7-9-11-13-20(16-3,17-4)18-5/h1,6-14H2,2-5H3. The van der Waals surface area contributed by atoms with Crippen molar-refractivity contribution in [3.8, 4) is 0 Å². The Morgan fingerprint density at radius 3 is 1.85 bits per heavy atom. The van der Waals surface area contributed by atoms with Crippen LogP contribution in [0.3, 0.4) is 0 Å². The van der Waals surface area contributed by atoms with E-state index in [1.54, 1.807) is 21.3 Å². The maximum atomic E-state index is 5.47. The van der Waals surface area contributed by atoms with Gasteiger partial charge in [0.05, 0.1) is 6.61 Å². The Kier molecular flexibility index (Phi) is 12.4. The zero-order valence-corrected chi connectivity index (χ0v) is 14.7. The minimum atomic E-state index is -2.34. The molecule has 0 radical (unpaired) electrons. The fourth-order valence-corrected chi connectivity index (χ4v) is 3.85. The number of ether oxygens (including phenoxy) is 1. The number of hydrogen-bond donors (Lipinski definition) is 0. The van der Waals surface area contributed by atoms with E-state index in [0.29, 0.717) is 6.61 Å². The van der Waals surface area contributed by atoms with Crippen molar-refractivity contribution in [1.29, 1.82) is 0 Å². The van der Waals surface area contributed by atoms with Crippen molar-refractivity contribution in [2.24, 2.45) is 0 Å². The zero-order valence-electron chi connectivity index (χ0n) is 13.7. The van der Waals surface area contributed by atoms with Crippen molar-refractivity contribution in [3.05, 3.63) is 12.2 Å². The third-order valence-electron chi connectivity index (χ3n) is 3.30. The van der Waals surface area contributed by atoms with Gasteiger partial charge in [0.1, 0.15) is 0 Å². The van der Waals surface area contributed by atoms with Crippen molar-refractivity contribution in [2.45, 2.75) is 51.5 Å². The molecule has 0 saturated heterocycles. The first-order chi connectivity index (χ1) is 9.60. The zero-order chi connectivity index (χ0) is 15.3. The predicted octanol–water partition coefficient (Wildman–Crippen LogP) is 3.80. The Labute approximate surface area is 125 Å². The average Bonchev–Trinajstić information content (AvgIpc) is 2.45. The summed E-state index contributed by atoms with van der Waals surface area (Å²) in [5.41, 5.74) is 1.09. The Morgan fingerprint density at radius 1 is 0.850 bits per heavy atom. The van der Waals surface area contributed by atoms with E-state index in [0.717, 1.165) is 31.1 Å². The third-order valence-corrected chi connectivity index (χ3v) is 6.14. The van der Waals surface area contributed by atoms with Crippen molar-refractivity contribution < 1.29 is 18.0 Å². The Morgan fingerprint density at radius 2 is 1.35 bits per heavy atom. The SMILES string of the molecule is C=C(C)COCCCCCCCC[Si](OC)(OC)OC. The van der Waals surface area contributed by atoms with E-state index in [4.69, 9.17) is 18.0 Å². The van der Waals surface area contributed by atoms with Crippen LogP contribution in [-0.4, -0.2) is 43.3 Å². The Bertz CT molecular complexity index is 234. The second-order valence-corrected chi connectivity index (χ2v) is 8.27. The lowest BCUT2D eigenvalue weighted by atomic mass is 10.1. The van der Waals surface area contributed by atoms with Gasteiger partial charge in [0, 0.05) is 34.0 Å². The Hall–Kier alpha value is -0.203. The molecule has 0 N–H and O–H groups in total. The summed E-state index contributed by atoms with van der Waals surface area (Å²) < 4.78 is 21.7. The third kappa shape index (κ3) is 9.66. The Balaban J connectivity index is 3.38. The molecule has 0 bridgehead atoms. The summed E-state index contributed by atoms with van der Waals surface area (Å²) in [7, 11) is 2.67. The lowest BCUT2D eigenvalue weighted by Crippen LogP contribution is -2.42. The van der Waals surface area contributed by atoms with Crippen LogP contribution in [0, 0.1) is 0 Å². The van der Waals surface area contributed by atoms with Crippen molar-refractivity contribution in [2.75, 3.05) is 34.5 Å². The summed E-state index contributed by atoms with van der Waals surface area (Å²) in [5, 5.41) is 0. The quantitative estimate of drug-likeness (QED) is 0.278. The summed E-state index contributed by atoms with van der Waals surface area (Å²) in [4.78, 5) is 0. The first-order valence-electron chi connectivity index (χ1n) is 7.48. The molecule has 0 atom stereocenters. The molecule has 0 rings (SSSR count). The van der Waals surface area contributed by atoms with E-state index in [1.165, 1.54) is 25.7 Å². The van der Waals surface area contributed by atoms with Crippen LogP contribution < -0.4 is 0 Å². The van der Waals surface area contributed by atoms with Gasteiger partial charge in [0.15, 0.2) is 0 Å². The highest BCUT2D eigenvalue weighted by atomic mass is 28.4. The highest BCUT2D eigenvalue weighted by Crippen LogP contribution is 2.18. The van der Waals surface area contributed by atoms with Crippen molar-refractivity contribution in [3.63, 3.8) is 0 Å². The lowest BCUT2D eigenvalue weighted by molar-refractivity contribution is 0.122. The van der Waals surface area contributed by atoms with Crippen LogP contribution in [-0.2, 0) is 18.0 Å². The van der Waals surface area contributed by atoms with Gasteiger partial charge >= 0.3 is 8.80 Å². The summed E-state index contributed by atoms with van der Waals surface area (Å²) in [6.45, 7) is 7.34.